The fraction of sp³-hybridized carbons (Fsp3) is 0.333. The molecule has 0 aliphatic carbocycles. The molecular weight excluding hydrogens is 385 g/mol. The first kappa shape index (κ1) is 21.3. The van der Waals surface area contributed by atoms with Crippen molar-refractivity contribution in [2.75, 3.05) is 5.32 Å². The van der Waals surface area contributed by atoms with Crippen LogP contribution in [0, 0.1) is 0 Å². The molecule has 0 aliphatic heterocycles. The van der Waals surface area contributed by atoms with E-state index in [2.05, 4.69) is 19.2 Å². The van der Waals surface area contributed by atoms with Gasteiger partial charge in [0.1, 0.15) is 0 Å². The van der Waals surface area contributed by atoms with Gasteiger partial charge in [-0.05, 0) is 43.0 Å². The van der Waals surface area contributed by atoms with Gasteiger partial charge in [0.2, 0.25) is 0 Å². The van der Waals surface area contributed by atoms with Gasteiger partial charge in [-0.1, -0.05) is 61.3 Å². The number of carbonyl (C=O) groups excluding carboxylic acids is 2. The largest absolute Gasteiger partial charge is 0.452 e. The van der Waals surface area contributed by atoms with Crippen molar-refractivity contribution in [2.45, 2.75) is 45.6 Å². The Morgan fingerprint density at radius 3 is 2.30 bits per heavy atom. The molecule has 2 aromatic rings. The van der Waals surface area contributed by atoms with Crippen LogP contribution >= 0.6 is 23.2 Å². The lowest BCUT2D eigenvalue weighted by molar-refractivity contribution is -0.152. The van der Waals surface area contributed by atoms with E-state index in [1.165, 1.54) is 6.92 Å². The molecule has 0 unspecified atom stereocenters. The molecule has 1 amide bonds. The van der Waals surface area contributed by atoms with Crippen molar-refractivity contribution in [3.8, 4) is 0 Å². The summed E-state index contributed by atoms with van der Waals surface area (Å²) in [6, 6.07) is 12.6. The molecule has 144 valence electrons. The smallest absolute Gasteiger partial charge is 0.311 e. The number of nitrogens with one attached hydrogen (secondary N) is 1. The number of hydrogen-bond acceptors (Lipinski definition) is 3. The Hall–Kier alpha value is -2.04. The number of ether oxygens (including phenoxy) is 1. The van der Waals surface area contributed by atoms with Gasteiger partial charge in [0, 0.05) is 21.3 Å². The molecule has 2 rings (SSSR count). The van der Waals surface area contributed by atoms with Crippen molar-refractivity contribution in [3.63, 3.8) is 0 Å². The summed E-state index contributed by atoms with van der Waals surface area (Å²) in [4.78, 5) is 24.6. The third-order valence-electron chi connectivity index (χ3n) is 4.42. The van der Waals surface area contributed by atoms with Gasteiger partial charge in [-0.25, -0.2) is 0 Å². The van der Waals surface area contributed by atoms with Gasteiger partial charge in [0.25, 0.3) is 5.91 Å². The van der Waals surface area contributed by atoms with E-state index < -0.39 is 12.1 Å². The number of anilines is 1. The summed E-state index contributed by atoms with van der Waals surface area (Å²) < 4.78 is 5.26. The minimum absolute atomic E-state index is 0.0976. The topological polar surface area (TPSA) is 55.4 Å². The monoisotopic (exact) mass is 407 g/mol. The maximum absolute atomic E-state index is 12.5. The van der Waals surface area contributed by atoms with Crippen LogP contribution in [0.4, 0.5) is 5.69 Å². The van der Waals surface area contributed by atoms with Crippen LogP contribution in [-0.2, 0) is 20.7 Å². The van der Waals surface area contributed by atoms with Gasteiger partial charge in [-0.2, -0.15) is 0 Å². The minimum Gasteiger partial charge on any atom is -0.452 e. The summed E-state index contributed by atoms with van der Waals surface area (Å²) in [5.74, 6) is -0.644. The van der Waals surface area contributed by atoms with E-state index in [0.29, 0.717) is 21.5 Å². The third kappa shape index (κ3) is 5.72. The van der Waals surface area contributed by atoms with Gasteiger partial charge in [0.15, 0.2) is 6.10 Å². The van der Waals surface area contributed by atoms with Crippen LogP contribution < -0.4 is 5.32 Å². The first-order valence-electron chi connectivity index (χ1n) is 8.85. The number of halogens is 2. The molecule has 2 atom stereocenters. The Balaban J connectivity index is 2.01. The van der Waals surface area contributed by atoms with Crippen molar-refractivity contribution in [2.24, 2.45) is 0 Å². The lowest BCUT2D eigenvalue weighted by atomic mass is 9.97. The number of para-hydroxylation sites is 1. The minimum atomic E-state index is -0.941. The van der Waals surface area contributed by atoms with E-state index in [1.807, 2.05) is 24.3 Å². The third-order valence-corrected chi connectivity index (χ3v) is 5.13. The maximum atomic E-state index is 12.5. The fourth-order valence-electron chi connectivity index (χ4n) is 2.63. The predicted octanol–water partition coefficient (Wildman–Crippen LogP) is 5.62. The Morgan fingerprint density at radius 2 is 1.67 bits per heavy atom. The molecule has 27 heavy (non-hydrogen) atoms. The number of benzene rings is 2. The summed E-state index contributed by atoms with van der Waals surface area (Å²) in [6.45, 7) is 5.72. The quantitative estimate of drug-likeness (QED) is 0.605. The van der Waals surface area contributed by atoms with E-state index in [0.717, 1.165) is 17.7 Å². The van der Waals surface area contributed by atoms with Crippen LogP contribution in [-0.4, -0.2) is 18.0 Å². The van der Waals surface area contributed by atoms with Crippen LogP contribution in [0.15, 0.2) is 42.5 Å². The zero-order valence-electron chi connectivity index (χ0n) is 15.6. The van der Waals surface area contributed by atoms with E-state index in [4.69, 9.17) is 27.9 Å². The molecule has 0 spiro atoms. The Kier molecular flexibility index (Phi) is 7.69. The van der Waals surface area contributed by atoms with E-state index in [1.54, 1.807) is 18.2 Å². The summed E-state index contributed by atoms with van der Waals surface area (Å²) in [6.07, 6.45) is -0.0842. The molecular formula is C21H23Cl2NO3. The summed E-state index contributed by atoms with van der Waals surface area (Å²) >= 11 is 12.1. The molecule has 0 saturated carbocycles. The first-order chi connectivity index (χ1) is 12.8. The normalized spacial score (nSPS) is 12.9. The molecule has 6 heteroatoms. The molecule has 0 fully saturated rings. The molecule has 1 N–H and O–H groups in total. The number of amides is 1. The second kappa shape index (κ2) is 9.77. The summed E-state index contributed by atoms with van der Waals surface area (Å²) in [5.41, 5.74) is 2.27. The van der Waals surface area contributed by atoms with Crippen molar-refractivity contribution in [1.82, 2.24) is 0 Å². The number of rotatable bonds is 7. The molecule has 0 aliphatic rings. The lowest BCUT2D eigenvalue weighted by Gasteiger charge is -2.18. The zero-order valence-corrected chi connectivity index (χ0v) is 17.1. The first-order valence-corrected chi connectivity index (χ1v) is 9.61. The van der Waals surface area contributed by atoms with Crippen LogP contribution in [0.3, 0.4) is 0 Å². The van der Waals surface area contributed by atoms with E-state index in [9.17, 15) is 9.59 Å². The van der Waals surface area contributed by atoms with Crippen LogP contribution in [0.2, 0.25) is 10.0 Å². The van der Waals surface area contributed by atoms with Crippen molar-refractivity contribution < 1.29 is 14.3 Å². The highest BCUT2D eigenvalue weighted by atomic mass is 35.5. The Morgan fingerprint density at radius 1 is 1.04 bits per heavy atom. The molecule has 2 aromatic carbocycles. The molecule has 0 saturated heterocycles. The van der Waals surface area contributed by atoms with Crippen LogP contribution in [0.5, 0.6) is 0 Å². The molecule has 4 nitrogen and oxygen atoms in total. The second-order valence-electron chi connectivity index (χ2n) is 6.39. The van der Waals surface area contributed by atoms with Crippen molar-refractivity contribution >= 4 is 40.8 Å². The number of carbonyl (C=O) groups is 2. The molecule has 0 heterocycles. The second-order valence-corrected chi connectivity index (χ2v) is 7.21. The highest BCUT2D eigenvalue weighted by molar-refractivity contribution is 6.36. The average molecular weight is 408 g/mol. The summed E-state index contributed by atoms with van der Waals surface area (Å²) in [5, 5.41) is 3.63. The molecule has 0 bridgehead atoms. The van der Waals surface area contributed by atoms with E-state index >= 15 is 0 Å². The van der Waals surface area contributed by atoms with Gasteiger partial charge < -0.3 is 10.1 Å². The number of esters is 1. The standard InChI is InChI=1S/C21H23Cl2NO3/c1-4-13(2)15-8-5-6-11-19(15)24-21(26)14(3)27-20(25)12-16-17(22)9-7-10-18(16)23/h5-11,13-14H,4,12H2,1-3H3,(H,24,26)/t13-,14-/m1/s1. The zero-order chi connectivity index (χ0) is 20.0. The average Bonchev–Trinajstić information content (AvgIpc) is 2.64. The van der Waals surface area contributed by atoms with Gasteiger partial charge >= 0.3 is 5.97 Å². The van der Waals surface area contributed by atoms with Crippen molar-refractivity contribution in [3.05, 3.63) is 63.6 Å². The predicted molar refractivity (Wildman–Crippen MR) is 109 cm³/mol. The lowest BCUT2D eigenvalue weighted by Crippen LogP contribution is -2.31. The maximum Gasteiger partial charge on any atom is 0.311 e. The van der Waals surface area contributed by atoms with E-state index in [-0.39, 0.29) is 12.3 Å². The highest BCUT2D eigenvalue weighted by Gasteiger charge is 2.21. The highest BCUT2D eigenvalue weighted by Crippen LogP contribution is 2.27. The molecule has 0 radical (unpaired) electrons. The van der Waals surface area contributed by atoms with Gasteiger partial charge in [-0.3, -0.25) is 9.59 Å². The SMILES string of the molecule is CC[C@@H](C)c1ccccc1NC(=O)[C@@H](C)OC(=O)Cc1c(Cl)cccc1Cl. The summed E-state index contributed by atoms with van der Waals surface area (Å²) in [7, 11) is 0. The Labute approximate surface area is 169 Å². The fourth-order valence-corrected chi connectivity index (χ4v) is 3.16. The number of hydrogen-bond donors (Lipinski definition) is 1. The van der Waals surface area contributed by atoms with Crippen molar-refractivity contribution in [1.29, 1.82) is 0 Å². The van der Waals surface area contributed by atoms with Gasteiger partial charge in [-0.15, -0.1) is 0 Å². The van der Waals surface area contributed by atoms with Crippen LogP contribution in [0.25, 0.3) is 0 Å². The van der Waals surface area contributed by atoms with Gasteiger partial charge in [0.05, 0.1) is 6.42 Å². The molecule has 0 aromatic heterocycles. The Bertz CT molecular complexity index is 803. The van der Waals surface area contributed by atoms with Crippen LogP contribution in [0.1, 0.15) is 44.2 Å².